The molecule has 3 heterocycles. The maximum atomic E-state index is 13.8. The van der Waals surface area contributed by atoms with E-state index in [4.69, 9.17) is 4.74 Å². The van der Waals surface area contributed by atoms with Gasteiger partial charge >= 0.3 is 5.69 Å². The van der Waals surface area contributed by atoms with Gasteiger partial charge in [-0.25, -0.2) is 18.3 Å². The van der Waals surface area contributed by atoms with Crippen LogP contribution in [0.3, 0.4) is 0 Å². The molecule has 1 aliphatic heterocycles. The Bertz CT molecular complexity index is 1140. The van der Waals surface area contributed by atoms with Gasteiger partial charge in [0.25, 0.3) is 5.78 Å². The predicted octanol–water partition coefficient (Wildman–Crippen LogP) is 1.91. The van der Waals surface area contributed by atoms with Crippen molar-refractivity contribution in [1.82, 2.24) is 19.2 Å². The van der Waals surface area contributed by atoms with Crippen LogP contribution in [0.15, 0.2) is 35.3 Å². The van der Waals surface area contributed by atoms with Crippen LogP contribution < -0.4 is 20.6 Å². The number of nitrogens with one attached hydrogen (secondary N) is 1. The van der Waals surface area contributed by atoms with Crippen LogP contribution in [0.4, 0.5) is 15.9 Å². The molecule has 0 spiro atoms. The van der Waals surface area contributed by atoms with Crippen molar-refractivity contribution in [3.05, 3.63) is 46.8 Å². The highest BCUT2D eigenvalue weighted by Gasteiger charge is 2.19. The number of fused-ring (bicyclic) bond motifs is 1. The average Bonchev–Trinajstić information content (AvgIpc) is 3.03. The molecule has 0 bridgehead atoms. The molecule has 0 saturated carbocycles. The lowest BCUT2D eigenvalue weighted by Gasteiger charge is -2.31. The maximum Gasteiger partial charge on any atom is 0.352 e. The summed E-state index contributed by atoms with van der Waals surface area (Å²) in [4.78, 5) is 31.6. The number of aromatic nitrogens is 4. The number of hydrogen-bond acceptors (Lipinski definition) is 6. The van der Waals surface area contributed by atoms with Gasteiger partial charge in [-0.15, -0.1) is 5.10 Å². The first-order valence-corrected chi connectivity index (χ1v) is 9.79. The maximum absolute atomic E-state index is 13.8. The van der Waals surface area contributed by atoms with Gasteiger partial charge in [0.1, 0.15) is 12.4 Å². The molecule has 10 heteroatoms. The standard InChI is InChI=1S/C20H23FN6O3/c1-13-4-3-8-25(11-13)17-7-9-26-19(23-17)24-27(20(26)29)12-18(28)22-14-5-6-16(30-2)15(21)10-14/h5-7,9-10,13H,3-4,8,11-12H2,1-2H3,(H,22,28). The number of methoxy groups -OCH3 is 1. The van der Waals surface area contributed by atoms with Crippen molar-refractivity contribution in [3.8, 4) is 5.75 Å². The summed E-state index contributed by atoms with van der Waals surface area (Å²) in [6.07, 6.45) is 3.92. The number of ether oxygens (including phenoxy) is 1. The van der Waals surface area contributed by atoms with E-state index < -0.39 is 17.4 Å². The van der Waals surface area contributed by atoms with Gasteiger partial charge in [-0.1, -0.05) is 6.92 Å². The minimum atomic E-state index is -0.594. The molecule has 0 aliphatic carbocycles. The zero-order chi connectivity index (χ0) is 21.3. The lowest BCUT2D eigenvalue weighted by atomic mass is 10.0. The highest BCUT2D eigenvalue weighted by Crippen LogP contribution is 2.22. The van der Waals surface area contributed by atoms with Crippen LogP contribution in [0.5, 0.6) is 5.75 Å². The van der Waals surface area contributed by atoms with Crippen LogP contribution in [0, 0.1) is 11.7 Å². The molecule has 1 N–H and O–H groups in total. The fourth-order valence-corrected chi connectivity index (χ4v) is 3.65. The monoisotopic (exact) mass is 414 g/mol. The van der Waals surface area contributed by atoms with Gasteiger partial charge in [0, 0.05) is 31.0 Å². The van der Waals surface area contributed by atoms with Crippen molar-refractivity contribution in [1.29, 1.82) is 0 Å². The number of halogens is 1. The molecular weight excluding hydrogens is 391 g/mol. The number of hydrogen-bond donors (Lipinski definition) is 1. The minimum Gasteiger partial charge on any atom is -0.494 e. The van der Waals surface area contributed by atoms with Crippen LogP contribution >= 0.6 is 0 Å². The Labute approximate surface area is 172 Å². The first-order chi connectivity index (χ1) is 14.4. The molecule has 30 heavy (non-hydrogen) atoms. The van der Waals surface area contributed by atoms with Gasteiger partial charge in [0.05, 0.1) is 7.11 Å². The van der Waals surface area contributed by atoms with Gasteiger partial charge in [0.15, 0.2) is 11.6 Å². The van der Waals surface area contributed by atoms with Crippen molar-refractivity contribution < 1.29 is 13.9 Å². The number of nitrogens with zero attached hydrogens (tertiary/aromatic N) is 5. The van der Waals surface area contributed by atoms with Crippen LogP contribution in [0.2, 0.25) is 0 Å². The van der Waals surface area contributed by atoms with Crippen LogP contribution in [-0.4, -0.2) is 45.3 Å². The number of benzene rings is 1. The summed E-state index contributed by atoms with van der Waals surface area (Å²) in [6.45, 7) is 3.72. The largest absolute Gasteiger partial charge is 0.494 e. The van der Waals surface area contributed by atoms with E-state index in [0.717, 1.165) is 36.1 Å². The zero-order valence-corrected chi connectivity index (χ0v) is 16.8. The van der Waals surface area contributed by atoms with E-state index in [0.29, 0.717) is 5.92 Å². The third-order valence-electron chi connectivity index (χ3n) is 5.15. The van der Waals surface area contributed by atoms with Crippen LogP contribution in [0.25, 0.3) is 5.78 Å². The summed E-state index contributed by atoms with van der Waals surface area (Å²) >= 11 is 0. The Morgan fingerprint density at radius 2 is 2.20 bits per heavy atom. The molecule has 2 aromatic heterocycles. The highest BCUT2D eigenvalue weighted by atomic mass is 19.1. The Kier molecular flexibility index (Phi) is 5.39. The van der Waals surface area contributed by atoms with E-state index in [1.807, 2.05) is 0 Å². The van der Waals surface area contributed by atoms with Crippen molar-refractivity contribution in [2.75, 3.05) is 30.4 Å². The van der Waals surface area contributed by atoms with E-state index >= 15 is 0 Å². The summed E-state index contributed by atoms with van der Waals surface area (Å²) in [5, 5.41) is 6.74. The summed E-state index contributed by atoms with van der Waals surface area (Å²) in [7, 11) is 1.36. The van der Waals surface area contributed by atoms with Gasteiger partial charge < -0.3 is 15.0 Å². The zero-order valence-electron chi connectivity index (χ0n) is 16.8. The first-order valence-electron chi connectivity index (χ1n) is 9.79. The molecule has 3 aromatic rings. The Morgan fingerprint density at radius 3 is 2.93 bits per heavy atom. The lowest BCUT2D eigenvalue weighted by molar-refractivity contribution is -0.117. The number of carbonyl (C=O) groups is 1. The minimum absolute atomic E-state index is 0.0783. The second kappa shape index (κ2) is 8.13. The van der Waals surface area contributed by atoms with Crippen molar-refractivity contribution in [2.24, 2.45) is 5.92 Å². The number of rotatable bonds is 5. The Balaban J connectivity index is 1.51. The normalized spacial score (nSPS) is 16.6. The number of piperidine rings is 1. The molecule has 4 rings (SSSR count). The van der Waals surface area contributed by atoms with Gasteiger partial charge in [0.2, 0.25) is 5.91 Å². The van der Waals surface area contributed by atoms with E-state index in [1.54, 1.807) is 12.3 Å². The highest BCUT2D eigenvalue weighted by molar-refractivity contribution is 5.90. The second-order valence-electron chi connectivity index (χ2n) is 7.49. The van der Waals surface area contributed by atoms with Gasteiger partial charge in [-0.05, 0) is 37.0 Å². The molecule has 1 atom stereocenters. The molecule has 158 valence electrons. The van der Waals surface area contributed by atoms with E-state index in [1.165, 1.54) is 30.1 Å². The summed E-state index contributed by atoms with van der Waals surface area (Å²) in [5.74, 6) is 0.569. The molecule has 1 fully saturated rings. The van der Waals surface area contributed by atoms with E-state index in [2.05, 4.69) is 27.2 Å². The third kappa shape index (κ3) is 3.98. The van der Waals surface area contributed by atoms with E-state index in [-0.39, 0.29) is 23.8 Å². The van der Waals surface area contributed by atoms with Crippen LogP contribution in [0.1, 0.15) is 19.8 Å². The van der Waals surface area contributed by atoms with Crippen LogP contribution in [-0.2, 0) is 11.3 Å². The number of carbonyl (C=O) groups excluding carboxylic acids is 1. The van der Waals surface area contributed by atoms with Crippen molar-refractivity contribution >= 4 is 23.2 Å². The van der Waals surface area contributed by atoms with Crippen molar-refractivity contribution in [3.63, 3.8) is 0 Å². The van der Waals surface area contributed by atoms with E-state index in [9.17, 15) is 14.0 Å². The lowest BCUT2D eigenvalue weighted by Crippen LogP contribution is -2.34. The third-order valence-corrected chi connectivity index (χ3v) is 5.15. The fourth-order valence-electron chi connectivity index (χ4n) is 3.65. The van der Waals surface area contributed by atoms with Crippen molar-refractivity contribution in [2.45, 2.75) is 26.3 Å². The number of amides is 1. The second-order valence-corrected chi connectivity index (χ2v) is 7.49. The summed E-state index contributed by atoms with van der Waals surface area (Å²) < 4.78 is 21.0. The van der Waals surface area contributed by atoms with Gasteiger partial charge in [-0.3, -0.25) is 4.79 Å². The molecular formula is C20H23FN6O3. The molecule has 1 saturated heterocycles. The molecule has 1 amide bonds. The Morgan fingerprint density at radius 1 is 1.37 bits per heavy atom. The Hall–Kier alpha value is -3.43. The fraction of sp³-hybridized carbons (Fsp3) is 0.400. The molecule has 0 radical (unpaired) electrons. The topological polar surface area (TPSA) is 93.8 Å². The quantitative estimate of drug-likeness (QED) is 0.686. The van der Waals surface area contributed by atoms with Gasteiger partial charge in [-0.2, -0.15) is 4.98 Å². The first kappa shape index (κ1) is 19.9. The average molecular weight is 414 g/mol. The predicted molar refractivity (Wildman–Crippen MR) is 109 cm³/mol. The smallest absolute Gasteiger partial charge is 0.352 e. The molecule has 9 nitrogen and oxygen atoms in total. The number of anilines is 2. The molecule has 1 aromatic carbocycles. The summed E-state index contributed by atoms with van der Waals surface area (Å²) in [6, 6.07) is 5.87. The SMILES string of the molecule is COc1ccc(NC(=O)Cn2nc3nc(N4CCCC(C)C4)ccn3c2=O)cc1F. The molecule has 1 aliphatic rings. The summed E-state index contributed by atoms with van der Waals surface area (Å²) in [5.41, 5.74) is -0.207. The molecule has 1 unspecified atom stereocenters.